The number of thiophene rings is 1. The molecular formula is C21H28N2O3S. The molecule has 0 spiro atoms. The van der Waals surface area contributed by atoms with Crippen molar-refractivity contribution in [2.45, 2.75) is 45.2 Å². The molecule has 0 saturated carbocycles. The highest BCUT2D eigenvalue weighted by Crippen LogP contribution is 2.35. The highest BCUT2D eigenvalue weighted by Gasteiger charge is 2.23. The second-order valence-corrected chi connectivity index (χ2v) is 7.80. The van der Waals surface area contributed by atoms with Gasteiger partial charge in [-0.25, -0.2) is 0 Å². The number of carbonyl (C=O) groups excluding carboxylic acids is 1. The third kappa shape index (κ3) is 5.47. The van der Waals surface area contributed by atoms with Crippen molar-refractivity contribution in [2.24, 2.45) is 5.73 Å². The van der Waals surface area contributed by atoms with Crippen LogP contribution in [-0.2, 0) is 11.3 Å². The molecule has 1 fully saturated rings. The van der Waals surface area contributed by atoms with Crippen LogP contribution in [0.2, 0.25) is 0 Å². The summed E-state index contributed by atoms with van der Waals surface area (Å²) in [5, 5.41) is 2.16. The predicted molar refractivity (Wildman–Crippen MR) is 108 cm³/mol. The molecular weight excluding hydrogens is 360 g/mol. The predicted octanol–water partition coefficient (Wildman–Crippen LogP) is 4.13. The van der Waals surface area contributed by atoms with Crippen LogP contribution in [0.4, 0.5) is 0 Å². The smallest absolute Gasteiger partial charge is 0.255 e. The maximum atomic E-state index is 11.0. The number of nitrogens with two attached hydrogens (primary N) is 1. The summed E-state index contributed by atoms with van der Waals surface area (Å²) < 4.78 is 11.2. The molecule has 2 heterocycles. The average molecular weight is 389 g/mol. The van der Waals surface area contributed by atoms with E-state index in [9.17, 15) is 4.79 Å². The van der Waals surface area contributed by atoms with E-state index < -0.39 is 5.91 Å². The van der Waals surface area contributed by atoms with Gasteiger partial charge in [0.1, 0.15) is 0 Å². The van der Waals surface area contributed by atoms with Crippen molar-refractivity contribution in [1.29, 1.82) is 0 Å². The van der Waals surface area contributed by atoms with Gasteiger partial charge in [-0.3, -0.25) is 9.69 Å². The van der Waals surface area contributed by atoms with E-state index in [4.69, 9.17) is 15.2 Å². The molecule has 0 unspecified atom stereocenters. The average Bonchev–Trinajstić information content (AvgIpc) is 3.08. The molecule has 1 aromatic carbocycles. The topological polar surface area (TPSA) is 64.8 Å². The molecule has 5 nitrogen and oxygen atoms in total. The number of carbonyl (C=O) groups is 1. The Morgan fingerprint density at radius 3 is 2.85 bits per heavy atom. The first-order valence-electron chi connectivity index (χ1n) is 9.61. The van der Waals surface area contributed by atoms with Gasteiger partial charge in [0.2, 0.25) is 0 Å². The summed E-state index contributed by atoms with van der Waals surface area (Å²) in [7, 11) is 0. The highest BCUT2D eigenvalue weighted by molar-refractivity contribution is 7.10. The van der Waals surface area contributed by atoms with Gasteiger partial charge in [-0.2, -0.15) is 0 Å². The summed E-state index contributed by atoms with van der Waals surface area (Å²) in [6.45, 7) is 4.31. The Kier molecular flexibility index (Phi) is 7.12. The van der Waals surface area contributed by atoms with Crippen LogP contribution < -0.4 is 15.2 Å². The van der Waals surface area contributed by atoms with E-state index in [1.165, 1.54) is 36.1 Å². The number of primary amides is 1. The fraction of sp³-hybridized carbons (Fsp3) is 0.476. The Morgan fingerprint density at radius 2 is 2.11 bits per heavy atom. The van der Waals surface area contributed by atoms with Crippen LogP contribution >= 0.6 is 11.3 Å². The minimum Gasteiger partial charge on any atom is -0.490 e. The Labute approximate surface area is 165 Å². The first kappa shape index (κ1) is 19.7. The van der Waals surface area contributed by atoms with E-state index in [2.05, 4.69) is 28.5 Å². The van der Waals surface area contributed by atoms with Crippen molar-refractivity contribution in [2.75, 3.05) is 19.8 Å². The fourth-order valence-electron chi connectivity index (χ4n) is 3.58. The lowest BCUT2D eigenvalue weighted by Crippen LogP contribution is -2.27. The van der Waals surface area contributed by atoms with Crippen molar-refractivity contribution >= 4 is 17.2 Å². The van der Waals surface area contributed by atoms with E-state index in [1.54, 1.807) is 0 Å². The van der Waals surface area contributed by atoms with E-state index in [-0.39, 0.29) is 6.61 Å². The number of ether oxygens (including phenoxy) is 2. The van der Waals surface area contributed by atoms with Crippen LogP contribution in [0.5, 0.6) is 11.5 Å². The number of nitrogens with zero attached hydrogens (tertiary/aromatic N) is 1. The molecule has 1 aromatic heterocycles. The molecule has 1 atom stereocenters. The number of amides is 1. The summed E-state index contributed by atoms with van der Waals surface area (Å²) in [4.78, 5) is 15.0. The molecule has 0 radical (unpaired) electrons. The van der Waals surface area contributed by atoms with E-state index in [1.807, 2.05) is 30.4 Å². The van der Waals surface area contributed by atoms with Crippen LogP contribution in [0.3, 0.4) is 0 Å². The summed E-state index contributed by atoms with van der Waals surface area (Å²) in [5.74, 6) is 0.730. The zero-order valence-electron chi connectivity index (χ0n) is 15.9. The second kappa shape index (κ2) is 9.76. The van der Waals surface area contributed by atoms with Crippen molar-refractivity contribution < 1.29 is 14.3 Å². The van der Waals surface area contributed by atoms with E-state index >= 15 is 0 Å². The summed E-state index contributed by atoms with van der Waals surface area (Å²) in [6, 6.07) is 10.8. The van der Waals surface area contributed by atoms with Crippen LogP contribution in [-0.4, -0.2) is 30.6 Å². The molecule has 1 amide bonds. The zero-order valence-corrected chi connectivity index (χ0v) is 16.7. The van der Waals surface area contributed by atoms with E-state index in [0.717, 1.165) is 13.1 Å². The number of likely N-dealkylation sites (tertiary alicyclic amines) is 1. The molecule has 2 N–H and O–H groups in total. The molecule has 0 aliphatic carbocycles. The Hall–Kier alpha value is -2.05. The Balaban J connectivity index is 1.77. The Morgan fingerprint density at radius 1 is 1.22 bits per heavy atom. The quantitative estimate of drug-likeness (QED) is 0.738. The lowest BCUT2D eigenvalue weighted by molar-refractivity contribution is -0.119. The van der Waals surface area contributed by atoms with Gasteiger partial charge in [-0.1, -0.05) is 25.0 Å². The van der Waals surface area contributed by atoms with Gasteiger partial charge in [-0.05, 0) is 55.5 Å². The van der Waals surface area contributed by atoms with Crippen LogP contribution in [0.25, 0.3) is 0 Å². The molecule has 1 saturated heterocycles. The van der Waals surface area contributed by atoms with Crippen LogP contribution in [0.15, 0.2) is 35.7 Å². The third-order valence-corrected chi connectivity index (χ3v) is 5.77. The van der Waals surface area contributed by atoms with E-state index in [0.29, 0.717) is 24.1 Å². The number of rotatable bonds is 8. The highest BCUT2D eigenvalue weighted by atomic mass is 32.1. The van der Waals surface area contributed by atoms with Gasteiger partial charge in [0.25, 0.3) is 5.91 Å². The molecule has 6 heteroatoms. The first-order valence-corrected chi connectivity index (χ1v) is 10.5. The SMILES string of the molecule is CCOc1cc(CN2CCCCC[C@@H]2c2cccs2)ccc1OCC(N)=O. The summed E-state index contributed by atoms with van der Waals surface area (Å²) in [6.07, 6.45) is 5.02. The third-order valence-electron chi connectivity index (χ3n) is 4.80. The number of hydrogen-bond acceptors (Lipinski definition) is 5. The van der Waals surface area contributed by atoms with Crippen molar-refractivity contribution in [3.05, 3.63) is 46.2 Å². The van der Waals surface area contributed by atoms with Crippen molar-refractivity contribution in [1.82, 2.24) is 4.90 Å². The van der Waals surface area contributed by atoms with Gasteiger partial charge >= 0.3 is 0 Å². The first-order chi connectivity index (χ1) is 13.2. The van der Waals surface area contributed by atoms with Crippen molar-refractivity contribution in [3.63, 3.8) is 0 Å². The lowest BCUT2D eigenvalue weighted by Gasteiger charge is -2.29. The van der Waals surface area contributed by atoms with Gasteiger partial charge in [0.15, 0.2) is 18.1 Å². The van der Waals surface area contributed by atoms with Crippen LogP contribution in [0.1, 0.15) is 49.1 Å². The number of benzene rings is 1. The molecule has 3 rings (SSSR count). The number of hydrogen-bond donors (Lipinski definition) is 1. The molecule has 146 valence electrons. The zero-order chi connectivity index (χ0) is 19.1. The normalized spacial score (nSPS) is 18.0. The van der Waals surface area contributed by atoms with Gasteiger partial charge < -0.3 is 15.2 Å². The summed E-state index contributed by atoms with van der Waals surface area (Å²) >= 11 is 1.85. The minimum absolute atomic E-state index is 0.147. The van der Waals surface area contributed by atoms with Gasteiger partial charge in [0, 0.05) is 17.5 Å². The standard InChI is InChI=1S/C21H28N2O3S/c1-2-25-19-13-16(9-10-18(19)26-15-21(22)24)14-23-11-5-3-4-7-17(23)20-8-6-12-27-20/h6,8-10,12-13,17H,2-5,7,11,14-15H2,1H3,(H2,22,24)/t17-/m1/s1. The largest absolute Gasteiger partial charge is 0.490 e. The maximum Gasteiger partial charge on any atom is 0.255 e. The van der Waals surface area contributed by atoms with Gasteiger partial charge in [0.05, 0.1) is 6.61 Å². The lowest BCUT2D eigenvalue weighted by atomic mass is 10.1. The molecule has 27 heavy (non-hydrogen) atoms. The molecule has 2 aromatic rings. The van der Waals surface area contributed by atoms with Crippen LogP contribution in [0, 0.1) is 0 Å². The second-order valence-electron chi connectivity index (χ2n) is 6.82. The molecule has 0 bridgehead atoms. The maximum absolute atomic E-state index is 11.0. The minimum atomic E-state index is -0.495. The fourth-order valence-corrected chi connectivity index (χ4v) is 4.48. The van der Waals surface area contributed by atoms with Gasteiger partial charge in [-0.15, -0.1) is 11.3 Å². The molecule has 1 aliphatic heterocycles. The van der Waals surface area contributed by atoms with Crippen molar-refractivity contribution in [3.8, 4) is 11.5 Å². The molecule has 1 aliphatic rings. The summed E-state index contributed by atoms with van der Waals surface area (Å²) in [5.41, 5.74) is 6.37. The Bertz CT molecular complexity index is 733. The monoisotopic (exact) mass is 388 g/mol.